The minimum Gasteiger partial charge on any atom is -0.391 e. The fourth-order valence-electron chi connectivity index (χ4n) is 6.38. The molecule has 6 aliphatic rings. The predicted octanol–water partition coefficient (Wildman–Crippen LogP) is 1.57. The highest BCUT2D eigenvalue weighted by Gasteiger charge is 2.60. The van der Waals surface area contributed by atoms with Crippen molar-refractivity contribution in [1.82, 2.24) is 4.90 Å². The molecule has 114 valence electrons. The zero-order valence-electron chi connectivity index (χ0n) is 12.3. The molecule has 1 aliphatic heterocycles. The Kier molecular flexibility index (Phi) is 2.34. The van der Waals surface area contributed by atoms with Crippen LogP contribution in [0.1, 0.15) is 44.9 Å². The maximum Gasteiger partial charge on any atom is 0.233 e. The summed E-state index contributed by atoms with van der Waals surface area (Å²) < 4.78 is 0. The van der Waals surface area contributed by atoms with Crippen LogP contribution in [0.15, 0.2) is 0 Å². The van der Waals surface area contributed by atoms with E-state index in [4.69, 9.17) is 0 Å². The third-order valence-corrected chi connectivity index (χ3v) is 7.10. The molecular weight excluding hydrogens is 266 g/mol. The minimum atomic E-state index is -0.503. The zero-order valence-corrected chi connectivity index (χ0v) is 12.3. The molecule has 0 aromatic heterocycles. The van der Waals surface area contributed by atoms with E-state index < -0.39 is 6.10 Å². The van der Waals surface area contributed by atoms with Crippen molar-refractivity contribution in [3.8, 4) is 0 Å². The minimum absolute atomic E-state index is 0.00207. The van der Waals surface area contributed by atoms with Gasteiger partial charge in [0.1, 0.15) is 0 Å². The molecule has 4 heteroatoms. The Morgan fingerprint density at radius 2 is 1.43 bits per heavy atom. The molecule has 5 aliphatic carbocycles. The number of aliphatic hydroxyl groups excluding tert-OH is 1. The van der Waals surface area contributed by atoms with Gasteiger partial charge in [0.15, 0.2) is 0 Å². The van der Waals surface area contributed by atoms with Gasteiger partial charge in [0.05, 0.1) is 24.5 Å². The number of carbonyl (C=O) groups excluding carboxylic acids is 2. The summed E-state index contributed by atoms with van der Waals surface area (Å²) in [5.41, 5.74) is 0.00207. The fraction of sp³-hybridized carbons (Fsp3) is 0.882. The van der Waals surface area contributed by atoms with E-state index in [1.807, 2.05) is 0 Å². The Morgan fingerprint density at radius 1 is 0.952 bits per heavy atom. The van der Waals surface area contributed by atoms with Crippen LogP contribution in [0.4, 0.5) is 0 Å². The Hall–Kier alpha value is -0.900. The van der Waals surface area contributed by atoms with E-state index in [0.29, 0.717) is 0 Å². The van der Waals surface area contributed by atoms with Crippen LogP contribution < -0.4 is 0 Å². The highest BCUT2D eigenvalue weighted by molar-refractivity contribution is 6.08. The summed E-state index contributed by atoms with van der Waals surface area (Å²) in [6, 6.07) is 0. The van der Waals surface area contributed by atoms with E-state index in [-0.39, 0.29) is 35.6 Å². The second-order valence-electron chi connectivity index (χ2n) is 8.53. The lowest BCUT2D eigenvalue weighted by Gasteiger charge is -2.58. The third kappa shape index (κ3) is 1.65. The van der Waals surface area contributed by atoms with E-state index in [0.717, 1.165) is 43.4 Å². The number of carbonyl (C=O) groups is 2. The first kappa shape index (κ1) is 12.6. The second kappa shape index (κ2) is 3.89. The molecule has 1 N–H and O–H groups in total. The maximum absolute atomic E-state index is 12.1. The number of hydrogen-bond acceptors (Lipinski definition) is 3. The molecule has 1 heterocycles. The molecular formula is C17H23NO3. The van der Waals surface area contributed by atoms with E-state index in [9.17, 15) is 14.7 Å². The number of piperidine rings is 1. The molecule has 0 radical (unpaired) electrons. The van der Waals surface area contributed by atoms with Gasteiger partial charge in [-0.1, -0.05) is 0 Å². The van der Waals surface area contributed by atoms with Crippen LogP contribution in [0.5, 0.6) is 0 Å². The van der Waals surface area contributed by atoms with Crippen LogP contribution in [0.3, 0.4) is 0 Å². The van der Waals surface area contributed by atoms with Gasteiger partial charge in [-0.05, 0) is 68.1 Å². The molecule has 2 amide bonds. The smallest absolute Gasteiger partial charge is 0.233 e. The summed E-state index contributed by atoms with van der Waals surface area (Å²) in [4.78, 5) is 25.6. The van der Waals surface area contributed by atoms with Crippen molar-refractivity contribution in [2.24, 2.45) is 35.0 Å². The first-order valence-electron chi connectivity index (χ1n) is 8.59. The number of nitrogens with zero attached hydrogens (tertiary/aromatic N) is 1. The molecule has 1 saturated heterocycles. The van der Waals surface area contributed by atoms with Crippen molar-refractivity contribution in [1.29, 1.82) is 0 Å². The van der Waals surface area contributed by atoms with Crippen LogP contribution in [0.2, 0.25) is 0 Å². The molecule has 6 rings (SSSR count). The first-order valence-corrected chi connectivity index (χ1v) is 8.59. The lowest BCUT2D eigenvalue weighted by atomic mass is 9.48. The number of hydrogen-bond donors (Lipinski definition) is 1. The van der Waals surface area contributed by atoms with E-state index in [1.54, 1.807) is 0 Å². The normalized spacial score (nSPS) is 51.5. The lowest BCUT2D eigenvalue weighted by molar-refractivity contribution is -0.152. The van der Waals surface area contributed by atoms with Crippen molar-refractivity contribution < 1.29 is 14.7 Å². The molecule has 0 aromatic carbocycles. The van der Waals surface area contributed by atoms with Crippen LogP contribution in [0, 0.1) is 35.0 Å². The fourth-order valence-corrected chi connectivity index (χ4v) is 6.38. The number of imide groups is 1. The number of amides is 2. The summed E-state index contributed by atoms with van der Waals surface area (Å²) >= 11 is 0. The summed E-state index contributed by atoms with van der Waals surface area (Å²) in [6.07, 6.45) is 7.63. The Morgan fingerprint density at radius 3 is 1.90 bits per heavy atom. The quantitative estimate of drug-likeness (QED) is 0.802. The van der Waals surface area contributed by atoms with E-state index in [2.05, 4.69) is 0 Å². The predicted molar refractivity (Wildman–Crippen MR) is 74.9 cm³/mol. The number of rotatable bonds is 3. The highest BCUT2D eigenvalue weighted by atomic mass is 16.3. The Bertz CT molecular complexity index is 473. The third-order valence-electron chi connectivity index (χ3n) is 7.10. The van der Waals surface area contributed by atoms with E-state index in [1.165, 1.54) is 24.2 Å². The highest BCUT2D eigenvalue weighted by Crippen LogP contribution is 2.61. The van der Waals surface area contributed by atoms with Crippen molar-refractivity contribution in [3.63, 3.8) is 0 Å². The standard InChI is InChI=1S/C17H23NO3/c19-14(8-18-15(20)12-4-13(12)16(18)21)17-5-9-1-10(6-17)3-11(2-9)7-17/h9-14,19H,1-8H2. The van der Waals surface area contributed by atoms with Crippen molar-refractivity contribution >= 4 is 11.8 Å². The van der Waals surface area contributed by atoms with Crippen LogP contribution in [0.25, 0.3) is 0 Å². The van der Waals surface area contributed by atoms with Gasteiger partial charge >= 0.3 is 0 Å². The molecule has 6 fully saturated rings. The molecule has 0 spiro atoms. The zero-order chi connectivity index (χ0) is 14.4. The molecule has 4 bridgehead atoms. The molecule has 3 atom stereocenters. The number of β-amino-alcohol motifs (C(OH)–C–C–N with tert-alkyl or cyclic N) is 1. The van der Waals surface area contributed by atoms with Gasteiger partial charge in [0, 0.05) is 0 Å². The lowest BCUT2D eigenvalue weighted by Crippen LogP contribution is -2.55. The summed E-state index contributed by atoms with van der Waals surface area (Å²) in [5.74, 6) is 2.22. The summed E-state index contributed by atoms with van der Waals surface area (Å²) in [7, 11) is 0. The molecule has 3 unspecified atom stereocenters. The van der Waals surface area contributed by atoms with Crippen molar-refractivity contribution in [3.05, 3.63) is 0 Å². The second-order valence-corrected chi connectivity index (χ2v) is 8.53. The van der Waals surface area contributed by atoms with Crippen molar-refractivity contribution in [2.75, 3.05) is 6.54 Å². The van der Waals surface area contributed by atoms with E-state index >= 15 is 0 Å². The Balaban J connectivity index is 1.36. The summed E-state index contributed by atoms with van der Waals surface area (Å²) in [5, 5.41) is 10.9. The SMILES string of the molecule is O=C1C2CC2C(=O)N1CC(O)C12CC3CC(CC(C3)C1)C2. The van der Waals surface area contributed by atoms with Gasteiger partial charge in [0.2, 0.25) is 11.8 Å². The van der Waals surface area contributed by atoms with Gasteiger partial charge in [-0.25, -0.2) is 0 Å². The topological polar surface area (TPSA) is 57.6 Å². The average Bonchev–Trinajstić information content (AvgIpc) is 3.17. The number of likely N-dealkylation sites (tertiary alicyclic amines) is 1. The Labute approximate surface area is 124 Å². The van der Waals surface area contributed by atoms with Gasteiger partial charge < -0.3 is 5.11 Å². The first-order chi connectivity index (χ1) is 10.1. The van der Waals surface area contributed by atoms with Crippen molar-refractivity contribution in [2.45, 2.75) is 51.0 Å². The van der Waals surface area contributed by atoms with Gasteiger partial charge in [0.25, 0.3) is 0 Å². The average molecular weight is 289 g/mol. The largest absolute Gasteiger partial charge is 0.391 e. The number of fused-ring (bicyclic) bond motifs is 1. The molecule has 21 heavy (non-hydrogen) atoms. The monoisotopic (exact) mass is 289 g/mol. The maximum atomic E-state index is 12.1. The molecule has 0 aromatic rings. The van der Waals surface area contributed by atoms with Crippen LogP contribution >= 0.6 is 0 Å². The van der Waals surface area contributed by atoms with Gasteiger partial charge in [-0.3, -0.25) is 14.5 Å². The van der Waals surface area contributed by atoms with Gasteiger partial charge in [-0.2, -0.15) is 0 Å². The molecule has 5 saturated carbocycles. The van der Waals surface area contributed by atoms with Gasteiger partial charge in [-0.15, -0.1) is 0 Å². The number of aliphatic hydroxyl groups is 1. The summed E-state index contributed by atoms with van der Waals surface area (Å²) in [6.45, 7) is 0.261. The molecule has 4 nitrogen and oxygen atoms in total. The van der Waals surface area contributed by atoms with Crippen LogP contribution in [-0.2, 0) is 9.59 Å². The van der Waals surface area contributed by atoms with Crippen LogP contribution in [-0.4, -0.2) is 34.5 Å².